The summed E-state index contributed by atoms with van der Waals surface area (Å²) >= 11 is 6.24. The van der Waals surface area contributed by atoms with Gasteiger partial charge in [0.05, 0.1) is 0 Å². The van der Waals surface area contributed by atoms with Gasteiger partial charge in [-0.15, -0.1) is 0 Å². The van der Waals surface area contributed by atoms with E-state index in [2.05, 4.69) is 13.8 Å². The molecule has 1 unspecified atom stereocenters. The minimum atomic E-state index is -0.122. The molecule has 0 spiro atoms. The quantitative estimate of drug-likeness (QED) is 0.577. The molecule has 1 aliphatic rings. The molecule has 0 aromatic rings. The highest BCUT2D eigenvalue weighted by Crippen LogP contribution is 2.55. The average molecular weight is 179 g/mol. The molecule has 2 heteroatoms. The molecule has 0 saturated heterocycles. The SMILES string of the molecule is CC(C)CP(Cl)C1CCC1. The van der Waals surface area contributed by atoms with E-state index in [0.717, 1.165) is 11.6 Å². The molecule has 0 bridgehead atoms. The maximum atomic E-state index is 6.24. The summed E-state index contributed by atoms with van der Waals surface area (Å²) in [5.74, 6) is 0.796. The van der Waals surface area contributed by atoms with Crippen molar-refractivity contribution in [1.82, 2.24) is 0 Å². The Kier molecular flexibility index (Phi) is 3.46. The van der Waals surface area contributed by atoms with Crippen molar-refractivity contribution < 1.29 is 0 Å². The number of halogens is 1. The molecule has 1 saturated carbocycles. The summed E-state index contributed by atoms with van der Waals surface area (Å²) in [5, 5.41) is 0. The van der Waals surface area contributed by atoms with Gasteiger partial charge in [-0.25, -0.2) is 0 Å². The summed E-state index contributed by atoms with van der Waals surface area (Å²) in [6, 6.07) is 0. The predicted octanol–water partition coefficient (Wildman–Crippen LogP) is 3.83. The van der Waals surface area contributed by atoms with E-state index in [9.17, 15) is 0 Å². The minimum Gasteiger partial charge on any atom is -0.0961 e. The van der Waals surface area contributed by atoms with Crippen molar-refractivity contribution in [3.8, 4) is 0 Å². The van der Waals surface area contributed by atoms with Crippen LogP contribution >= 0.6 is 18.5 Å². The lowest BCUT2D eigenvalue weighted by atomic mass is 10.00. The highest BCUT2D eigenvalue weighted by molar-refractivity contribution is 7.84. The van der Waals surface area contributed by atoms with Crippen molar-refractivity contribution in [3.05, 3.63) is 0 Å². The zero-order valence-electron chi connectivity index (χ0n) is 6.81. The Morgan fingerprint density at radius 2 is 2.10 bits per heavy atom. The summed E-state index contributed by atoms with van der Waals surface area (Å²) in [5.41, 5.74) is 0.916. The molecule has 1 atom stereocenters. The molecule has 0 amide bonds. The van der Waals surface area contributed by atoms with E-state index in [0.29, 0.717) is 0 Å². The van der Waals surface area contributed by atoms with Crippen LogP contribution in [-0.4, -0.2) is 11.8 Å². The summed E-state index contributed by atoms with van der Waals surface area (Å²) < 4.78 is 0. The second kappa shape index (κ2) is 3.93. The smallest absolute Gasteiger partial charge is 0.00631 e. The van der Waals surface area contributed by atoms with Crippen molar-refractivity contribution in [2.24, 2.45) is 5.92 Å². The first-order valence-electron chi connectivity index (χ1n) is 4.12. The zero-order chi connectivity index (χ0) is 7.56. The van der Waals surface area contributed by atoms with E-state index < -0.39 is 0 Å². The molecule has 0 nitrogen and oxygen atoms in total. The van der Waals surface area contributed by atoms with Gasteiger partial charge in [-0.3, -0.25) is 0 Å². The van der Waals surface area contributed by atoms with E-state index in [-0.39, 0.29) is 7.27 Å². The summed E-state index contributed by atoms with van der Waals surface area (Å²) in [6.45, 7) is 4.52. The van der Waals surface area contributed by atoms with Gasteiger partial charge in [0.15, 0.2) is 0 Å². The van der Waals surface area contributed by atoms with Crippen LogP contribution in [0.1, 0.15) is 33.1 Å². The lowest BCUT2D eigenvalue weighted by molar-refractivity contribution is 0.514. The molecule has 0 radical (unpaired) electrons. The highest BCUT2D eigenvalue weighted by Gasteiger charge is 2.25. The summed E-state index contributed by atoms with van der Waals surface area (Å²) in [4.78, 5) is 0. The van der Waals surface area contributed by atoms with Gasteiger partial charge in [0.25, 0.3) is 0 Å². The van der Waals surface area contributed by atoms with Crippen LogP contribution < -0.4 is 0 Å². The maximum Gasteiger partial charge on any atom is -0.00631 e. The van der Waals surface area contributed by atoms with Gasteiger partial charge in [0.2, 0.25) is 0 Å². The van der Waals surface area contributed by atoms with Gasteiger partial charge in [-0.2, -0.15) is 0 Å². The molecule has 0 heterocycles. The molecule has 1 fully saturated rings. The van der Waals surface area contributed by atoms with E-state index in [1.54, 1.807) is 0 Å². The molecular weight excluding hydrogens is 163 g/mol. The molecule has 0 aromatic heterocycles. The third-order valence-corrected chi connectivity index (χ3v) is 5.64. The van der Waals surface area contributed by atoms with E-state index in [1.165, 1.54) is 25.4 Å². The Morgan fingerprint density at radius 3 is 2.40 bits per heavy atom. The molecule has 0 aliphatic heterocycles. The van der Waals surface area contributed by atoms with Crippen LogP contribution in [0.15, 0.2) is 0 Å². The van der Waals surface area contributed by atoms with Gasteiger partial charge in [-0.05, 0) is 37.9 Å². The normalized spacial score (nSPS) is 22.8. The highest BCUT2D eigenvalue weighted by atomic mass is 35.7. The third kappa shape index (κ3) is 2.40. The van der Waals surface area contributed by atoms with E-state index in [4.69, 9.17) is 11.2 Å². The molecular formula is C8H16ClP. The zero-order valence-corrected chi connectivity index (χ0v) is 8.46. The van der Waals surface area contributed by atoms with Gasteiger partial charge < -0.3 is 0 Å². The van der Waals surface area contributed by atoms with Crippen molar-refractivity contribution in [2.75, 3.05) is 6.16 Å². The average Bonchev–Trinajstić information content (AvgIpc) is 1.55. The van der Waals surface area contributed by atoms with Crippen molar-refractivity contribution in [1.29, 1.82) is 0 Å². The van der Waals surface area contributed by atoms with Gasteiger partial charge in [-0.1, -0.05) is 31.5 Å². The maximum absolute atomic E-state index is 6.24. The standard InChI is InChI=1S/C8H16ClP/c1-7(2)6-10(9)8-4-3-5-8/h7-8H,3-6H2,1-2H3. The first-order chi connectivity index (χ1) is 4.70. The Balaban J connectivity index is 2.13. The van der Waals surface area contributed by atoms with Crippen LogP contribution in [0, 0.1) is 5.92 Å². The fraction of sp³-hybridized carbons (Fsp3) is 1.00. The van der Waals surface area contributed by atoms with Gasteiger partial charge in [0.1, 0.15) is 0 Å². The molecule has 10 heavy (non-hydrogen) atoms. The van der Waals surface area contributed by atoms with Gasteiger partial charge >= 0.3 is 0 Å². The lowest BCUT2D eigenvalue weighted by Crippen LogP contribution is -2.15. The topological polar surface area (TPSA) is 0 Å². The molecule has 60 valence electrons. The Bertz CT molecular complexity index is 99.4. The van der Waals surface area contributed by atoms with Crippen LogP contribution in [0.4, 0.5) is 0 Å². The van der Waals surface area contributed by atoms with Crippen LogP contribution in [0.2, 0.25) is 0 Å². The number of hydrogen-bond acceptors (Lipinski definition) is 0. The molecule has 0 aromatic carbocycles. The Hall–Kier alpha value is 0.720. The summed E-state index contributed by atoms with van der Waals surface area (Å²) in [7, 11) is -0.122. The van der Waals surface area contributed by atoms with Crippen molar-refractivity contribution in [2.45, 2.75) is 38.8 Å². The monoisotopic (exact) mass is 178 g/mol. The largest absolute Gasteiger partial charge is 0.0961 e. The number of hydrogen-bond donors (Lipinski definition) is 0. The fourth-order valence-corrected chi connectivity index (χ4v) is 4.50. The lowest BCUT2D eigenvalue weighted by Gasteiger charge is -2.30. The second-order valence-corrected chi connectivity index (χ2v) is 6.76. The van der Waals surface area contributed by atoms with E-state index >= 15 is 0 Å². The second-order valence-electron chi connectivity index (χ2n) is 3.56. The Labute approximate surface area is 69.9 Å². The first-order valence-corrected chi connectivity index (χ1v) is 6.62. The third-order valence-electron chi connectivity index (χ3n) is 2.01. The van der Waals surface area contributed by atoms with Crippen LogP contribution in [-0.2, 0) is 0 Å². The van der Waals surface area contributed by atoms with Crippen LogP contribution in [0.5, 0.6) is 0 Å². The molecule has 1 aliphatic carbocycles. The predicted molar refractivity (Wildman–Crippen MR) is 50.1 cm³/mol. The molecule has 0 N–H and O–H groups in total. The minimum absolute atomic E-state index is 0.122. The first kappa shape index (κ1) is 8.81. The van der Waals surface area contributed by atoms with Crippen LogP contribution in [0.3, 0.4) is 0 Å². The van der Waals surface area contributed by atoms with Gasteiger partial charge in [0, 0.05) is 0 Å². The number of rotatable bonds is 3. The Morgan fingerprint density at radius 1 is 1.50 bits per heavy atom. The fourth-order valence-electron chi connectivity index (χ4n) is 1.16. The van der Waals surface area contributed by atoms with Crippen LogP contribution in [0.25, 0.3) is 0 Å². The van der Waals surface area contributed by atoms with Crippen molar-refractivity contribution in [3.63, 3.8) is 0 Å². The van der Waals surface area contributed by atoms with E-state index in [1.807, 2.05) is 0 Å². The summed E-state index contributed by atoms with van der Waals surface area (Å²) in [6.07, 6.45) is 5.50. The van der Waals surface area contributed by atoms with Crippen molar-refractivity contribution >= 4 is 18.5 Å². The molecule has 1 rings (SSSR count).